The largest absolute Gasteiger partial charge is 0.463 e. The lowest BCUT2D eigenvalue weighted by Crippen LogP contribution is -2.22. The molecule has 15 heavy (non-hydrogen) atoms. The SMILES string of the molecule is O=C1OCCCOC(=O)C(O)/C=C/C1O. The average molecular weight is 216 g/mol. The number of carbonyl (C=O) groups is 2. The third-order valence-electron chi connectivity index (χ3n) is 1.74. The monoisotopic (exact) mass is 216 g/mol. The fraction of sp³-hybridized carbons (Fsp3) is 0.556. The molecule has 1 rings (SSSR count). The number of ether oxygens (including phenoxy) is 2. The fourth-order valence-corrected chi connectivity index (χ4v) is 0.943. The summed E-state index contributed by atoms with van der Waals surface area (Å²) < 4.78 is 9.29. The van der Waals surface area contributed by atoms with Crippen molar-refractivity contribution in [1.82, 2.24) is 0 Å². The summed E-state index contributed by atoms with van der Waals surface area (Å²) in [5.74, 6) is -1.62. The highest BCUT2D eigenvalue weighted by Crippen LogP contribution is 2.00. The fourth-order valence-electron chi connectivity index (χ4n) is 0.943. The van der Waals surface area contributed by atoms with E-state index < -0.39 is 24.1 Å². The highest BCUT2D eigenvalue weighted by Gasteiger charge is 2.18. The Balaban J connectivity index is 2.67. The van der Waals surface area contributed by atoms with Crippen LogP contribution in [-0.2, 0) is 19.1 Å². The molecule has 0 bridgehead atoms. The lowest BCUT2D eigenvalue weighted by molar-refractivity contribution is -0.152. The molecule has 0 saturated heterocycles. The van der Waals surface area contributed by atoms with E-state index in [2.05, 4.69) is 9.47 Å². The smallest absolute Gasteiger partial charge is 0.339 e. The van der Waals surface area contributed by atoms with Crippen LogP contribution in [0.2, 0.25) is 0 Å². The third-order valence-corrected chi connectivity index (χ3v) is 1.74. The lowest BCUT2D eigenvalue weighted by Gasteiger charge is -2.06. The molecule has 2 atom stereocenters. The molecule has 1 aliphatic heterocycles. The van der Waals surface area contributed by atoms with Crippen molar-refractivity contribution in [2.45, 2.75) is 18.6 Å². The first-order valence-electron chi connectivity index (χ1n) is 4.49. The van der Waals surface area contributed by atoms with Gasteiger partial charge in [0.25, 0.3) is 0 Å². The molecule has 2 N–H and O–H groups in total. The van der Waals surface area contributed by atoms with Crippen molar-refractivity contribution in [2.24, 2.45) is 0 Å². The first kappa shape index (κ1) is 11.7. The number of hydrogen-bond donors (Lipinski definition) is 2. The van der Waals surface area contributed by atoms with Crippen LogP contribution in [0.25, 0.3) is 0 Å². The maximum atomic E-state index is 11.0. The van der Waals surface area contributed by atoms with Gasteiger partial charge in [-0.15, -0.1) is 0 Å². The topological polar surface area (TPSA) is 93.1 Å². The van der Waals surface area contributed by atoms with Crippen molar-refractivity contribution < 1.29 is 29.3 Å². The summed E-state index contributed by atoms with van der Waals surface area (Å²) in [5, 5.41) is 18.3. The average Bonchev–Trinajstić information content (AvgIpc) is 2.24. The molecule has 6 nitrogen and oxygen atoms in total. The van der Waals surface area contributed by atoms with E-state index in [1.54, 1.807) is 0 Å². The van der Waals surface area contributed by atoms with E-state index in [9.17, 15) is 19.8 Å². The molecule has 0 spiro atoms. The van der Waals surface area contributed by atoms with Gasteiger partial charge in [-0.3, -0.25) is 0 Å². The van der Waals surface area contributed by atoms with Gasteiger partial charge in [0.05, 0.1) is 13.2 Å². The number of rotatable bonds is 0. The Morgan fingerprint density at radius 1 is 1.00 bits per heavy atom. The van der Waals surface area contributed by atoms with Crippen molar-refractivity contribution >= 4 is 11.9 Å². The van der Waals surface area contributed by atoms with Crippen LogP contribution in [0.15, 0.2) is 12.2 Å². The molecule has 0 aromatic carbocycles. The van der Waals surface area contributed by atoms with Gasteiger partial charge in [-0.25, -0.2) is 9.59 Å². The van der Waals surface area contributed by atoms with E-state index >= 15 is 0 Å². The van der Waals surface area contributed by atoms with Gasteiger partial charge < -0.3 is 19.7 Å². The maximum absolute atomic E-state index is 11.0. The Kier molecular flexibility index (Phi) is 4.26. The number of cyclic esters (lactones) is 2. The van der Waals surface area contributed by atoms with Gasteiger partial charge in [-0.1, -0.05) is 0 Å². The minimum Gasteiger partial charge on any atom is -0.463 e. The van der Waals surface area contributed by atoms with E-state index in [-0.39, 0.29) is 13.2 Å². The summed E-state index contributed by atoms with van der Waals surface area (Å²) in [7, 11) is 0. The highest BCUT2D eigenvalue weighted by molar-refractivity contribution is 5.79. The van der Waals surface area contributed by atoms with Crippen molar-refractivity contribution in [2.75, 3.05) is 13.2 Å². The molecule has 84 valence electrons. The van der Waals surface area contributed by atoms with Gasteiger partial charge in [-0.2, -0.15) is 0 Å². The van der Waals surface area contributed by atoms with Gasteiger partial charge in [0.15, 0.2) is 12.2 Å². The van der Waals surface area contributed by atoms with Crippen molar-refractivity contribution in [3.63, 3.8) is 0 Å². The Hall–Kier alpha value is -1.40. The van der Waals surface area contributed by atoms with E-state index in [4.69, 9.17) is 0 Å². The number of aliphatic hydroxyl groups excluding tert-OH is 2. The second-order valence-electron chi connectivity index (χ2n) is 2.96. The molecule has 0 aromatic rings. The molecule has 0 amide bonds. The zero-order valence-electron chi connectivity index (χ0n) is 7.96. The van der Waals surface area contributed by atoms with Gasteiger partial charge >= 0.3 is 11.9 Å². The van der Waals surface area contributed by atoms with Crippen LogP contribution in [0.5, 0.6) is 0 Å². The van der Waals surface area contributed by atoms with Gasteiger partial charge in [0.2, 0.25) is 0 Å². The maximum Gasteiger partial charge on any atom is 0.339 e. The summed E-state index contributed by atoms with van der Waals surface area (Å²) in [6, 6.07) is 0. The second kappa shape index (κ2) is 5.47. The summed E-state index contributed by atoms with van der Waals surface area (Å²) >= 11 is 0. The van der Waals surface area contributed by atoms with Crippen LogP contribution >= 0.6 is 0 Å². The highest BCUT2D eigenvalue weighted by atomic mass is 16.6. The van der Waals surface area contributed by atoms with Crippen LogP contribution in [-0.4, -0.2) is 47.6 Å². The van der Waals surface area contributed by atoms with E-state index in [0.29, 0.717) is 6.42 Å². The predicted octanol–water partition coefficient (Wildman–Crippen LogP) is -1.25. The molecular formula is C9H12O6. The number of esters is 2. The number of aliphatic hydroxyl groups is 2. The summed E-state index contributed by atoms with van der Waals surface area (Å²) in [4.78, 5) is 22.0. The molecule has 0 saturated carbocycles. The minimum atomic E-state index is -1.47. The molecule has 0 aliphatic carbocycles. The van der Waals surface area contributed by atoms with Gasteiger partial charge in [0.1, 0.15) is 0 Å². The summed E-state index contributed by atoms with van der Waals surface area (Å²) in [6.07, 6.45) is -0.632. The third kappa shape index (κ3) is 3.69. The molecule has 1 heterocycles. The van der Waals surface area contributed by atoms with Crippen LogP contribution in [0, 0.1) is 0 Å². The number of hydrogen-bond acceptors (Lipinski definition) is 6. The normalized spacial score (nSPS) is 31.1. The van der Waals surface area contributed by atoms with E-state index in [0.717, 1.165) is 12.2 Å². The molecule has 0 aromatic heterocycles. The van der Waals surface area contributed by atoms with E-state index in [1.165, 1.54) is 0 Å². The Morgan fingerprint density at radius 3 is 1.80 bits per heavy atom. The van der Waals surface area contributed by atoms with Gasteiger partial charge in [-0.05, 0) is 12.2 Å². The lowest BCUT2D eigenvalue weighted by atomic mass is 10.2. The van der Waals surface area contributed by atoms with Gasteiger partial charge in [0, 0.05) is 6.42 Å². The van der Waals surface area contributed by atoms with Crippen LogP contribution in [0.3, 0.4) is 0 Å². The van der Waals surface area contributed by atoms with Crippen molar-refractivity contribution in [3.05, 3.63) is 12.2 Å². The zero-order valence-corrected chi connectivity index (χ0v) is 7.96. The Labute approximate surface area is 86.1 Å². The summed E-state index contributed by atoms with van der Waals surface area (Å²) in [5.41, 5.74) is 0. The summed E-state index contributed by atoms with van der Waals surface area (Å²) in [6.45, 7) is 0.125. The van der Waals surface area contributed by atoms with Crippen LogP contribution in [0.1, 0.15) is 6.42 Å². The molecular weight excluding hydrogens is 204 g/mol. The molecule has 0 radical (unpaired) electrons. The zero-order chi connectivity index (χ0) is 11.3. The first-order chi connectivity index (χ1) is 7.11. The second-order valence-corrected chi connectivity index (χ2v) is 2.96. The predicted molar refractivity (Wildman–Crippen MR) is 47.7 cm³/mol. The first-order valence-corrected chi connectivity index (χ1v) is 4.49. The van der Waals surface area contributed by atoms with Crippen LogP contribution < -0.4 is 0 Å². The molecule has 1 aliphatic rings. The van der Waals surface area contributed by atoms with Crippen molar-refractivity contribution in [3.8, 4) is 0 Å². The standard InChI is InChI=1S/C9H12O6/c10-6-2-3-7(11)9(13)15-5-1-4-14-8(6)12/h2-3,6-7,10-11H,1,4-5H2/b3-2+. The Morgan fingerprint density at radius 2 is 1.40 bits per heavy atom. The quantitative estimate of drug-likeness (QED) is 0.388. The van der Waals surface area contributed by atoms with E-state index in [1.807, 2.05) is 0 Å². The molecule has 2 unspecified atom stereocenters. The molecule has 6 heteroatoms. The Bertz CT molecular complexity index is 246. The van der Waals surface area contributed by atoms with Crippen molar-refractivity contribution in [1.29, 1.82) is 0 Å². The number of carbonyl (C=O) groups excluding carboxylic acids is 2. The van der Waals surface area contributed by atoms with Crippen LogP contribution in [0.4, 0.5) is 0 Å². The molecule has 0 fully saturated rings. The minimum absolute atomic E-state index is 0.0626.